The molecule has 1 fully saturated rings. The summed E-state index contributed by atoms with van der Waals surface area (Å²) in [7, 11) is 1.73. The number of amides is 1. The van der Waals surface area contributed by atoms with Crippen LogP contribution in [0.3, 0.4) is 0 Å². The van der Waals surface area contributed by atoms with Crippen molar-refractivity contribution in [2.24, 2.45) is 0 Å². The summed E-state index contributed by atoms with van der Waals surface area (Å²) >= 11 is 0. The first-order valence-electron chi connectivity index (χ1n) is 8.61. The second kappa shape index (κ2) is 8.58. The average molecular weight is 355 g/mol. The highest BCUT2D eigenvalue weighted by Gasteiger charge is 2.14. The molecular formula is C20H22FN3O2. The fourth-order valence-corrected chi connectivity index (χ4v) is 2.74. The van der Waals surface area contributed by atoms with E-state index in [1.54, 1.807) is 42.4 Å². The molecule has 2 heterocycles. The molecular weight excluding hydrogens is 333 g/mol. The van der Waals surface area contributed by atoms with Crippen molar-refractivity contribution in [2.75, 3.05) is 43.2 Å². The minimum Gasteiger partial charge on any atom is -0.378 e. The number of carbonyl (C=O) groups excluding carboxylic acids is 1. The standard InChI is InChI=1S/C20H22FN3O2/c1-23(20(25)7-3-5-16-4-2-6-17(21)14-16)18-8-9-19(22-15-18)24-10-12-26-13-11-24/h2-6,8-9,14-15H,7,10-13H2,1H3/b5-3+. The van der Waals surface area contributed by atoms with E-state index in [0.717, 1.165) is 30.2 Å². The topological polar surface area (TPSA) is 45.7 Å². The number of morpholine rings is 1. The molecule has 0 unspecified atom stereocenters. The third-order valence-electron chi connectivity index (χ3n) is 4.28. The minimum absolute atomic E-state index is 0.0569. The van der Waals surface area contributed by atoms with E-state index in [-0.39, 0.29) is 18.1 Å². The lowest BCUT2D eigenvalue weighted by Crippen LogP contribution is -2.36. The smallest absolute Gasteiger partial charge is 0.230 e. The van der Waals surface area contributed by atoms with Gasteiger partial charge in [0.15, 0.2) is 0 Å². The van der Waals surface area contributed by atoms with Crippen LogP contribution in [0.25, 0.3) is 6.08 Å². The van der Waals surface area contributed by atoms with E-state index in [0.29, 0.717) is 13.2 Å². The van der Waals surface area contributed by atoms with Gasteiger partial charge in [-0.2, -0.15) is 0 Å². The quantitative estimate of drug-likeness (QED) is 0.827. The van der Waals surface area contributed by atoms with Gasteiger partial charge < -0.3 is 14.5 Å². The molecule has 2 aromatic rings. The Kier molecular flexibility index (Phi) is 5.96. The third-order valence-corrected chi connectivity index (χ3v) is 4.28. The summed E-state index contributed by atoms with van der Waals surface area (Å²) in [6, 6.07) is 10.1. The zero-order valence-electron chi connectivity index (χ0n) is 14.8. The fraction of sp³-hybridized carbons (Fsp3) is 0.300. The Morgan fingerprint density at radius 1 is 1.31 bits per heavy atom. The Morgan fingerprint density at radius 3 is 2.81 bits per heavy atom. The molecule has 0 N–H and O–H groups in total. The lowest BCUT2D eigenvalue weighted by Gasteiger charge is -2.28. The first kappa shape index (κ1) is 18.1. The maximum atomic E-state index is 13.1. The molecule has 0 saturated carbocycles. The van der Waals surface area contributed by atoms with E-state index in [2.05, 4.69) is 9.88 Å². The number of hydrogen-bond donors (Lipinski definition) is 0. The maximum Gasteiger partial charge on any atom is 0.230 e. The van der Waals surface area contributed by atoms with Crippen molar-refractivity contribution in [1.82, 2.24) is 4.98 Å². The van der Waals surface area contributed by atoms with Gasteiger partial charge in [-0.25, -0.2) is 9.37 Å². The molecule has 6 heteroatoms. The van der Waals surface area contributed by atoms with Crippen LogP contribution in [0.2, 0.25) is 0 Å². The van der Waals surface area contributed by atoms with E-state index < -0.39 is 0 Å². The Balaban J connectivity index is 1.57. The van der Waals surface area contributed by atoms with Crippen LogP contribution in [0.5, 0.6) is 0 Å². The highest BCUT2D eigenvalue weighted by molar-refractivity contribution is 5.94. The second-order valence-corrected chi connectivity index (χ2v) is 6.09. The molecule has 1 aromatic carbocycles. The lowest BCUT2D eigenvalue weighted by atomic mass is 10.2. The second-order valence-electron chi connectivity index (χ2n) is 6.09. The maximum absolute atomic E-state index is 13.1. The highest BCUT2D eigenvalue weighted by Crippen LogP contribution is 2.18. The molecule has 136 valence electrons. The van der Waals surface area contributed by atoms with Crippen LogP contribution in [0.4, 0.5) is 15.9 Å². The highest BCUT2D eigenvalue weighted by atomic mass is 19.1. The summed E-state index contributed by atoms with van der Waals surface area (Å²) in [6.07, 6.45) is 5.43. The normalized spacial score (nSPS) is 14.6. The average Bonchev–Trinajstić information content (AvgIpc) is 2.68. The van der Waals surface area contributed by atoms with Gasteiger partial charge >= 0.3 is 0 Å². The van der Waals surface area contributed by atoms with Crippen molar-refractivity contribution in [3.05, 3.63) is 60.1 Å². The predicted molar refractivity (Wildman–Crippen MR) is 101 cm³/mol. The Morgan fingerprint density at radius 2 is 2.12 bits per heavy atom. The molecule has 0 spiro atoms. The molecule has 26 heavy (non-hydrogen) atoms. The van der Waals surface area contributed by atoms with Crippen molar-refractivity contribution in [3.63, 3.8) is 0 Å². The summed E-state index contributed by atoms with van der Waals surface area (Å²) < 4.78 is 18.5. The van der Waals surface area contributed by atoms with Crippen LogP contribution in [0.1, 0.15) is 12.0 Å². The molecule has 1 saturated heterocycles. The number of aromatic nitrogens is 1. The number of pyridine rings is 1. The van der Waals surface area contributed by atoms with E-state index in [1.807, 2.05) is 12.1 Å². The zero-order valence-corrected chi connectivity index (χ0v) is 14.8. The Bertz CT molecular complexity index is 771. The van der Waals surface area contributed by atoms with Crippen LogP contribution in [-0.4, -0.2) is 44.2 Å². The van der Waals surface area contributed by atoms with Gasteiger partial charge in [-0.15, -0.1) is 0 Å². The van der Waals surface area contributed by atoms with E-state index >= 15 is 0 Å². The summed E-state index contributed by atoms with van der Waals surface area (Å²) in [6.45, 7) is 3.07. The number of anilines is 2. The number of ether oxygens (including phenoxy) is 1. The van der Waals surface area contributed by atoms with Crippen LogP contribution in [-0.2, 0) is 9.53 Å². The van der Waals surface area contributed by atoms with Crippen molar-refractivity contribution in [1.29, 1.82) is 0 Å². The van der Waals surface area contributed by atoms with Crippen LogP contribution in [0.15, 0.2) is 48.7 Å². The Labute approximate surface area is 152 Å². The van der Waals surface area contributed by atoms with E-state index in [1.165, 1.54) is 12.1 Å². The number of nitrogens with zero attached hydrogens (tertiary/aromatic N) is 3. The molecule has 0 atom stereocenters. The number of rotatable bonds is 5. The lowest BCUT2D eigenvalue weighted by molar-refractivity contribution is -0.117. The van der Waals surface area contributed by atoms with Gasteiger partial charge in [-0.1, -0.05) is 24.3 Å². The fourth-order valence-electron chi connectivity index (χ4n) is 2.74. The summed E-state index contributed by atoms with van der Waals surface area (Å²) in [4.78, 5) is 20.5. The third kappa shape index (κ3) is 4.67. The van der Waals surface area contributed by atoms with Crippen molar-refractivity contribution >= 4 is 23.5 Å². The summed E-state index contributed by atoms with van der Waals surface area (Å²) in [5.41, 5.74) is 1.48. The molecule has 0 aliphatic carbocycles. The molecule has 1 aliphatic heterocycles. The first-order chi connectivity index (χ1) is 12.6. The van der Waals surface area contributed by atoms with Crippen molar-refractivity contribution in [3.8, 4) is 0 Å². The SMILES string of the molecule is CN(C(=O)C/C=C/c1cccc(F)c1)c1ccc(N2CCOCC2)nc1. The Hall–Kier alpha value is -2.73. The zero-order chi connectivity index (χ0) is 18.4. The van der Waals surface area contributed by atoms with Crippen molar-refractivity contribution in [2.45, 2.75) is 6.42 Å². The van der Waals surface area contributed by atoms with Gasteiger partial charge in [0.2, 0.25) is 5.91 Å². The predicted octanol–water partition coefficient (Wildman–Crippen LogP) is 3.12. The molecule has 3 rings (SSSR count). The molecule has 1 aromatic heterocycles. The monoisotopic (exact) mass is 355 g/mol. The van der Waals surface area contributed by atoms with Gasteiger partial charge in [0.25, 0.3) is 0 Å². The molecule has 0 radical (unpaired) electrons. The van der Waals surface area contributed by atoms with Gasteiger partial charge in [-0.05, 0) is 29.8 Å². The van der Waals surface area contributed by atoms with Crippen LogP contribution < -0.4 is 9.80 Å². The van der Waals surface area contributed by atoms with Crippen LogP contribution in [0, 0.1) is 5.82 Å². The number of halogens is 1. The number of hydrogen-bond acceptors (Lipinski definition) is 4. The molecule has 5 nitrogen and oxygen atoms in total. The molecule has 1 aliphatic rings. The minimum atomic E-state index is -0.290. The van der Waals surface area contributed by atoms with E-state index in [9.17, 15) is 9.18 Å². The van der Waals surface area contributed by atoms with Crippen LogP contribution >= 0.6 is 0 Å². The number of benzene rings is 1. The van der Waals surface area contributed by atoms with Gasteiger partial charge in [0.05, 0.1) is 25.1 Å². The van der Waals surface area contributed by atoms with Gasteiger partial charge in [0, 0.05) is 26.6 Å². The van der Waals surface area contributed by atoms with E-state index in [4.69, 9.17) is 4.74 Å². The number of carbonyl (C=O) groups is 1. The van der Waals surface area contributed by atoms with Gasteiger partial charge in [0.1, 0.15) is 11.6 Å². The summed E-state index contributed by atoms with van der Waals surface area (Å²) in [5.74, 6) is 0.546. The summed E-state index contributed by atoms with van der Waals surface area (Å²) in [5, 5.41) is 0. The van der Waals surface area contributed by atoms with Crippen molar-refractivity contribution < 1.29 is 13.9 Å². The molecule has 1 amide bonds. The largest absolute Gasteiger partial charge is 0.378 e. The molecule has 0 bridgehead atoms. The van der Waals surface area contributed by atoms with Gasteiger partial charge in [-0.3, -0.25) is 4.79 Å². The first-order valence-corrected chi connectivity index (χ1v) is 8.61.